The fraction of sp³-hybridized carbons (Fsp3) is 0.562. The summed E-state index contributed by atoms with van der Waals surface area (Å²) in [7, 11) is 1.74. The van der Waals surface area contributed by atoms with Gasteiger partial charge in [-0.1, -0.05) is 20.8 Å². The number of halogens is 1. The van der Waals surface area contributed by atoms with Crippen molar-refractivity contribution in [3.05, 3.63) is 35.8 Å². The number of rotatable bonds is 5. The van der Waals surface area contributed by atoms with E-state index in [0.29, 0.717) is 18.4 Å². The maximum atomic E-state index is 5.75. The van der Waals surface area contributed by atoms with Gasteiger partial charge in [-0.25, -0.2) is 4.98 Å². The van der Waals surface area contributed by atoms with Crippen molar-refractivity contribution in [1.29, 1.82) is 0 Å². The van der Waals surface area contributed by atoms with Crippen LogP contribution >= 0.6 is 24.0 Å². The molecule has 2 aromatic heterocycles. The highest BCUT2D eigenvalue weighted by molar-refractivity contribution is 14.0. The maximum Gasteiger partial charge on any atom is 0.213 e. The SMILES string of the molecule is CN=C(NCCn1cc(C)cn1)NCc1ncc(C(C)(C)C)o1.I. The zero-order valence-corrected chi connectivity index (χ0v) is 17.3. The second-order valence-corrected chi connectivity index (χ2v) is 6.50. The quantitative estimate of drug-likeness (QED) is 0.419. The van der Waals surface area contributed by atoms with Gasteiger partial charge >= 0.3 is 0 Å². The van der Waals surface area contributed by atoms with E-state index in [9.17, 15) is 0 Å². The first kappa shape index (κ1) is 20.5. The minimum absolute atomic E-state index is 0. The molecule has 7 nitrogen and oxygen atoms in total. The van der Waals surface area contributed by atoms with Crippen LogP contribution in [0.5, 0.6) is 0 Å². The second kappa shape index (κ2) is 9.05. The third-order valence-electron chi connectivity index (χ3n) is 3.32. The topological polar surface area (TPSA) is 80.3 Å². The van der Waals surface area contributed by atoms with Crippen molar-refractivity contribution in [3.63, 3.8) is 0 Å². The van der Waals surface area contributed by atoms with E-state index in [2.05, 4.69) is 46.5 Å². The Morgan fingerprint density at radius 3 is 2.58 bits per heavy atom. The monoisotopic (exact) mass is 446 g/mol. The molecule has 134 valence electrons. The first-order valence-electron chi connectivity index (χ1n) is 7.77. The summed E-state index contributed by atoms with van der Waals surface area (Å²) in [6, 6.07) is 0. The summed E-state index contributed by atoms with van der Waals surface area (Å²) in [6.45, 7) is 10.3. The molecule has 0 spiro atoms. The lowest BCUT2D eigenvalue weighted by molar-refractivity contribution is 0.379. The number of aliphatic imine (C=N–C) groups is 1. The Bertz CT molecular complexity index is 656. The Balaban J connectivity index is 0.00000288. The lowest BCUT2D eigenvalue weighted by Gasteiger charge is -2.13. The Labute approximate surface area is 160 Å². The van der Waals surface area contributed by atoms with E-state index in [0.717, 1.165) is 24.4 Å². The molecule has 8 heteroatoms. The smallest absolute Gasteiger partial charge is 0.213 e. The summed E-state index contributed by atoms with van der Waals surface area (Å²) in [4.78, 5) is 8.48. The van der Waals surface area contributed by atoms with Gasteiger partial charge in [0.05, 0.1) is 25.5 Å². The Kier molecular flexibility index (Phi) is 7.71. The summed E-state index contributed by atoms with van der Waals surface area (Å²) < 4.78 is 7.65. The molecule has 0 aliphatic heterocycles. The van der Waals surface area contributed by atoms with Gasteiger partial charge in [-0.05, 0) is 12.5 Å². The second-order valence-electron chi connectivity index (χ2n) is 6.50. The number of aromatic nitrogens is 3. The summed E-state index contributed by atoms with van der Waals surface area (Å²) >= 11 is 0. The lowest BCUT2D eigenvalue weighted by Crippen LogP contribution is -2.38. The summed E-state index contributed by atoms with van der Waals surface area (Å²) in [5, 5.41) is 10.7. The summed E-state index contributed by atoms with van der Waals surface area (Å²) in [5.74, 6) is 2.25. The van der Waals surface area contributed by atoms with Crippen LogP contribution in [0.15, 0.2) is 28.0 Å². The molecule has 0 saturated carbocycles. The Morgan fingerprint density at radius 1 is 1.29 bits per heavy atom. The van der Waals surface area contributed by atoms with Crippen LogP contribution in [0.2, 0.25) is 0 Å². The summed E-state index contributed by atoms with van der Waals surface area (Å²) in [5.41, 5.74) is 1.12. The molecule has 2 aromatic rings. The van der Waals surface area contributed by atoms with Crippen LogP contribution in [-0.4, -0.2) is 34.3 Å². The molecular weight excluding hydrogens is 419 g/mol. The average Bonchev–Trinajstić information content (AvgIpc) is 3.11. The van der Waals surface area contributed by atoms with Gasteiger partial charge in [0.1, 0.15) is 5.76 Å². The van der Waals surface area contributed by atoms with Crippen molar-refractivity contribution < 1.29 is 4.42 Å². The van der Waals surface area contributed by atoms with Gasteiger partial charge in [-0.15, -0.1) is 24.0 Å². The van der Waals surface area contributed by atoms with E-state index >= 15 is 0 Å². The van der Waals surface area contributed by atoms with Gasteiger partial charge in [0.15, 0.2) is 5.96 Å². The average molecular weight is 446 g/mol. The predicted octanol–water partition coefficient (Wildman–Crippen LogP) is 2.46. The van der Waals surface area contributed by atoms with Gasteiger partial charge < -0.3 is 15.1 Å². The molecule has 0 aliphatic carbocycles. The zero-order chi connectivity index (χ0) is 16.9. The largest absolute Gasteiger partial charge is 0.443 e. The lowest BCUT2D eigenvalue weighted by atomic mass is 9.94. The third-order valence-corrected chi connectivity index (χ3v) is 3.32. The van der Waals surface area contributed by atoms with E-state index in [-0.39, 0.29) is 29.4 Å². The number of guanidine groups is 1. The van der Waals surface area contributed by atoms with Gasteiger partial charge in [-0.3, -0.25) is 9.67 Å². The number of hydrogen-bond acceptors (Lipinski definition) is 4. The third kappa shape index (κ3) is 6.14. The molecular formula is C16H27IN6O. The molecule has 2 heterocycles. The minimum atomic E-state index is -0.0347. The number of nitrogens with zero attached hydrogens (tertiary/aromatic N) is 4. The minimum Gasteiger partial charge on any atom is -0.443 e. The van der Waals surface area contributed by atoms with Crippen LogP contribution in [-0.2, 0) is 18.5 Å². The molecule has 0 aliphatic rings. The Morgan fingerprint density at radius 2 is 2.04 bits per heavy atom. The Hall–Kier alpha value is -1.58. The number of oxazole rings is 1. The van der Waals surface area contributed by atoms with E-state index in [1.807, 2.05) is 24.0 Å². The van der Waals surface area contributed by atoms with Crippen molar-refractivity contribution in [2.75, 3.05) is 13.6 Å². The highest BCUT2D eigenvalue weighted by atomic mass is 127. The summed E-state index contributed by atoms with van der Waals surface area (Å²) in [6.07, 6.45) is 5.65. The van der Waals surface area contributed by atoms with Gasteiger partial charge in [0, 0.05) is 25.2 Å². The van der Waals surface area contributed by atoms with Crippen LogP contribution < -0.4 is 10.6 Å². The van der Waals surface area contributed by atoms with Gasteiger partial charge in [0.25, 0.3) is 0 Å². The molecule has 0 atom stereocenters. The van der Waals surface area contributed by atoms with Crippen LogP contribution in [0.4, 0.5) is 0 Å². The van der Waals surface area contributed by atoms with E-state index < -0.39 is 0 Å². The molecule has 2 rings (SSSR count). The maximum absolute atomic E-state index is 5.75. The molecule has 0 radical (unpaired) electrons. The van der Waals surface area contributed by atoms with Gasteiger partial charge in [-0.2, -0.15) is 5.10 Å². The van der Waals surface area contributed by atoms with Crippen molar-refractivity contribution in [1.82, 2.24) is 25.4 Å². The highest BCUT2D eigenvalue weighted by Gasteiger charge is 2.19. The van der Waals surface area contributed by atoms with E-state index in [1.165, 1.54) is 0 Å². The first-order chi connectivity index (χ1) is 10.9. The van der Waals surface area contributed by atoms with Gasteiger partial charge in [0.2, 0.25) is 5.89 Å². The molecule has 0 saturated heterocycles. The highest BCUT2D eigenvalue weighted by Crippen LogP contribution is 2.22. The molecule has 0 aromatic carbocycles. The normalized spacial score (nSPS) is 12.0. The van der Waals surface area contributed by atoms with Crippen molar-refractivity contribution in [2.45, 2.75) is 46.2 Å². The fourth-order valence-electron chi connectivity index (χ4n) is 2.00. The molecule has 0 fully saturated rings. The predicted molar refractivity (Wildman–Crippen MR) is 106 cm³/mol. The number of aryl methyl sites for hydroxylation is 1. The van der Waals surface area contributed by atoms with Crippen LogP contribution in [0.3, 0.4) is 0 Å². The van der Waals surface area contributed by atoms with Crippen molar-refractivity contribution in [2.24, 2.45) is 4.99 Å². The molecule has 0 unspecified atom stereocenters. The van der Waals surface area contributed by atoms with Crippen molar-refractivity contribution >= 4 is 29.9 Å². The van der Waals surface area contributed by atoms with Crippen LogP contribution in [0.1, 0.15) is 38.0 Å². The standard InChI is InChI=1S/C16H26N6O.HI/c1-12-8-21-22(11-12)7-6-18-15(17-5)20-10-14-19-9-13(23-14)16(2,3)4;/h8-9,11H,6-7,10H2,1-5H3,(H2,17,18,20);1H. The van der Waals surface area contributed by atoms with Crippen LogP contribution in [0.25, 0.3) is 0 Å². The first-order valence-corrected chi connectivity index (χ1v) is 7.77. The molecule has 24 heavy (non-hydrogen) atoms. The number of hydrogen-bond donors (Lipinski definition) is 2. The fourth-order valence-corrected chi connectivity index (χ4v) is 2.00. The zero-order valence-electron chi connectivity index (χ0n) is 15.0. The number of nitrogens with one attached hydrogen (secondary N) is 2. The molecule has 2 N–H and O–H groups in total. The molecule has 0 bridgehead atoms. The molecule has 0 amide bonds. The van der Waals surface area contributed by atoms with E-state index in [4.69, 9.17) is 4.42 Å². The van der Waals surface area contributed by atoms with E-state index in [1.54, 1.807) is 13.2 Å². The van der Waals surface area contributed by atoms with Crippen molar-refractivity contribution in [3.8, 4) is 0 Å². The van der Waals surface area contributed by atoms with Crippen LogP contribution in [0, 0.1) is 6.92 Å².